The highest BCUT2D eigenvalue weighted by Crippen LogP contribution is 2.27. The predicted octanol–water partition coefficient (Wildman–Crippen LogP) is 3.79. The Bertz CT molecular complexity index is 939. The molecule has 3 rings (SSSR count). The molecule has 140 valence electrons. The highest BCUT2D eigenvalue weighted by Gasteiger charge is 2.41. The molecule has 0 radical (unpaired) electrons. The summed E-state index contributed by atoms with van der Waals surface area (Å²) in [6.07, 6.45) is 0. The molecule has 0 fully saturated rings. The number of carbonyl (C=O) groups excluding carboxylic acids is 2. The number of benzene rings is 2. The number of anilines is 1. The van der Waals surface area contributed by atoms with Crippen molar-refractivity contribution in [3.05, 3.63) is 64.4 Å². The molecule has 1 aliphatic heterocycles. The summed E-state index contributed by atoms with van der Waals surface area (Å²) in [5.41, 5.74) is 1.30. The molecule has 0 saturated carbocycles. The van der Waals surface area contributed by atoms with Gasteiger partial charge in [-0.3, -0.25) is 14.6 Å². The van der Waals surface area contributed by atoms with Gasteiger partial charge in [0, 0.05) is 16.3 Å². The SMILES string of the molecule is Cc1ccc(Cl)cc1NC(=O)CN1C(=O)C(c2ccc(F)cc2)=NC1(C)C. The molecular formula is C20H19ClFN3O2. The lowest BCUT2D eigenvalue weighted by Crippen LogP contribution is -2.46. The first-order chi connectivity index (χ1) is 12.7. The summed E-state index contributed by atoms with van der Waals surface area (Å²) in [5, 5.41) is 3.29. The van der Waals surface area contributed by atoms with Crippen LogP contribution >= 0.6 is 11.6 Å². The van der Waals surface area contributed by atoms with E-state index in [-0.39, 0.29) is 24.1 Å². The molecule has 0 spiro atoms. The van der Waals surface area contributed by atoms with Gasteiger partial charge in [0.1, 0.15) is 23.7 Å². The van der Waals surface area contributed by atoms with Crippen LogP contribution in [0.4, 0.5) is 10.1 Å². The fourth-order valence-electron chi connectivity index (χ4n) is 2.88. The van der Waals surface area contributed by atoms with Crippen LogP contribution in [0, 0.1) is 12.7 Å². The molecule has 1 aliphatic rings. The van der Waals surface area contributed by atoms with Gasteiger partial charge in [0.15, 0.2) is 0 Å². The number of hydrogen-bond acceptors (Lipinski definition) is 3. The van der Waals surface area contributed by atoms with Crippen molar-refractivity contribution in [2.75, 3.05) is 11.9 Å². The summed E-state index contributed by atoms with van der Waals surface area (Å²) in [5.74, 6) is -1.11. The number of hydrogen-bond donors (Lipinski definition) is 1. The van der Waals surface area contributed by atoms with E-state index in [1.807, 2.05) is 6.92 Å². The maximum Gasteiger partial charge on any atom is 0.275 e. The van der Waals surface area contributed by atoms with Gasteiger partial charge in [0.05, 0.1) is 0 Å². The molecule has 1 heterocycles. The minimum Gasteiger partial charge on any atom is -0.324 e. The van der Waals surface area contributed by atoms with Gasteiger partial charge in [-0.2, -0.15) is 0 Å². The fourth-order valence-corrected chi connectivity index (χ4v) is 3.05. The topological polar surface area (TPSA) is 61.8 Å². The van der Waals surface area contributed by atoms with Crippen molar-refractivity contribution in [2.24, 2.45) is 4.99 Å². The summed E-state index contributed by atoms with van der Waals surface area (Å²) in [6, 6.07) is 10.8. The Morgan fingerprint density at radius 2 is 1.89 bits per heavy atom. The zero-order chi connectivity index (χ0) is 19.8. The molecule has 0 unspecified atom stereocenters. The largest absolute Gasteiger partial charge is 0.324 e. The van der Waals surface area contributed by atoms with Gasteiger partial charge in [0.25, 0.3) is 5.91 Å². The van der Waals surface area contributed by atoms with Gasteiger partial charge in [0.2, 0.25) is 5.91 Å². The van der Waals surface area contributed by atoms with Crippen LogP contribution in [-0.2, 0) is 9.59 Å². The molecule has 0 bridgehead atoms. The van der Waals surface area contributed by atoms with Crippen molar-refractivity contribution in [3.63, 3.8) is 0 Å². The van der Waals surface area contributed by atoms with Crippen LogP contribution in [0.5, 0.6) is 0 Å². The Hall–Kier alpha value is -2.73. The van der Waals surface area contributed by atoms with Gasteiger partial charge in [-0.15, -0.1) is 0 Å². The van der Waals surface area contributed by atoms with Crippen LogP contribution in [0.3, 0.4) is 0 Å². The summed E-state index contributed by atoms with van der Waals surface area (Å²) >= 11 is 5.98. The van der Waals surface area contributed by atoms with E-state index in [0.717, 1.165) is 5.56 Å². The van der Waals surface area contributed by atoms with E-state index in [4.69, 9.17) is 11.6 Å². The minimum atomic E-state index is -0.887. The Kier molecular flexibility index (Phi) is 5.02. The molecule has 0 aliphatic carbocycles. The number of aryl methyl sites for hydroxylation is 1. The molecule has 2 amide bonds. The maximum absolute atomic E-state index is 13.1. The second-order valence-corrected chi connectivity index (χ2v) is 7.30. The van der Waals surface area contributed by atoms with Gasteiger partial charge in [-0.05, 0) is 62.7 Å². The van der Waals surface area contributed by atoms with E-state index in [2.05, 4.69) is 10.3 Å². The Labute approximate surface area is 161 Å². The molecule has 0 aromatic heterocycles. The number of carbonyl (C=O) groups is 2. The van der Waals surface area contributed by atoms with Gasteiger partial charge in [-0.25, -0.2) is 4.39 Å². The molecular weight excluding hydrogens is 369 g/mol. The standard InChI is InChI=1S/C20H19ClFN3O2/c1-12-4-7-14(21)10-16(12)23-17(26)11-25-19(27)18(24-20(25,2)3)13-5-8-15(22)9-6-13/h4-10H,11H2,1-3H3,(H,23,26). The molecule has 2 aromatic rings. The first-order valence-corrected chi connectivity index (χ1v) is 8.79. The van der Waals surface area contributed by atoms with Crippen molar-refractivity contribution >= 4 is 34.8 Å². The Morgan fingerprint density at radius 3 is 2.56 bits per heavy atom. The third kappa shape index (κ3) is 4.01. The summed E-state index contributed by atoms with van der Waals surface area (Å²) in [6.45, 7) is 5.19. The number of halogens is 2. The molecule has 7 heteroatoms. The van der Waals surface area contributed by atoms with E-state index in [9.17, 15) is 14.0 Å². The first kappa shape index (κ1) is 19.0. The highest BCUT2D eigenvalue weighted by molar-refractivity contribution is 6.47. The monoisotopic (exact) mass is 387 g/mol. The number of rotatable bonds is 4. The lowest BCUT2D eigenvalue weighted by atomic mass is 10.1. The first-order valence-electron chi connectivity index (χ1n) is 8.41. The number of amides is 2. The molecule has 1 N–H and O–H groups in total. The molecule has 0 atom stereocenters. The second-order valence-electron chi connectivity index (χ2n) is 6.86. The minimum absolute atomic E-state index is 0.161. The Balaban J connectivity index is 1.77. The van der Waals surface area contributed by atoms with Crippen molar-refractivity contribution in [1.82, 2.24) is 4.90 Å². The average molecular weight is 388 g/mol. The molecule has 0 saturated heterocycles. The number of nitrogens with one attached hydrogen (secondary N) is 1. The van der Waals surface area contributed by atoms with Crippen molar-refractivity contribution in [3.8, 4) is 0 Å². The van der Waals surface area contributed by atoms with E-state index < -0.39 is 11.5 Å². The van der Waals surface area contributed by atoms with Gasteiger partial charge in [-0.1, -0.05) is 17.7 Å². The number of aliphatic imine (C=N–C) groups is 1. The van der Waals surface area contributed by atoms with Crippen LogP contribution < -0.4 is 5.32 Å². The van der Waals surface area contributed by atoms with E-state index in [1.54, 1.807) is 32.0 Å². The fraction of sp³-hybridized carbons (Fsp3) is 0.250. The Morgan fingerprint density at radius 1 is 1.22 bits per heavy atom. The van der Waals surface area contributed by atoms with Crippen LogP contribution in [0.2, 0.25) is 5.02 Å². The predicted molar refractivity (Wildman–Crippen MR) is 104 cm³/mol. The average Bonchev–Trinajstić information content (AvgIpc) is 2.82. The van der Waals surface area contributed by atoms with Gasteiger partial charge >= 0.3 is 0 Å². The highest BCUT2D eigenvalue weighted by atomic mass is 35.5. The molecule has 27 heavy (non-hydrogen) atoms. The third-order valence-corrected chi connectivity index (χ3v) is 4.62. The quantitative estimate of drug-likeness (QED) is 0.867. The van der Waals surface area contributed by atoms with Gasteiger partial charge < -0.3 is 10.2 Å². The van der Waals surface area contributed by atoms with Crippen LogP contribution in [-0.4, -0.2) is 34.6 Å². The van der Waals surface area contributed by atoms with Crippen LogP contribution in [0.15, 0.2) is 47.5 Å². The van der Waals surface area contributed by atoms with E-state index in [0.29, 0.717) is 16.3 Å². The number of nitrogens with zero attached hydrogens (tertiary/aromatic N) is 2. The van der Waals surface area contributed by atoms with Crippen molar-refractivity contribution in [2.45, 2.75) is 26.4 Å². The lowest BCUT2D eigenvalue weighted by molar-refractivity contribution is -0.131. The second kappa shape index (κ2) is 7.12. The zero-order valence-electron chi connectivity index (χ0n) is 15.2. The maximum atomic E-state index is 13.1. The summed E-state index contributed by atoms with van der Waals surface area (Å²) in [7, 11) is 0. The van der Waals surface area contributed by atoms with Crippen LogP contribution in [0.1, 0.15) is 25.0 Å². The van der Waals surface area contributed by atoms with E-state index in [1.165, 1.54) is 29.2 Å². The zero-order valence-corrected chi connectivity index (χ0v) is 16.0. The normalized spacial score (nSPS) is 15.7. The summed E-state index contributed by atoms with van der Waals surface area (Å²) < 4.78 is 13.1. The third-order valence-electron chi connectivity index (χ3n) is 4.39. The van der Waals surface area contributed by atoms with Crippen molar-refractivity contribution in [1.29, 1.82) is 0 Å². The lowest BCUT2D eigenvalue weighted by Gasteiger charge is -2.28. The van der Waals surface area contributed by atoms with Crippen LogP contribution in [0.25, 0.3) is 0 Å². The van der Waals surface area contributed by atoms with Crippen molar-refractivity contribution < 1.29 is 14.0 Å². The smallest absolute Gasteiger partial charge is 0.275 e. The summed E-state index contributed by atoms with van der Waals surface area (Å²) in [4.78, 5) is 31.2. The van der Waals surface area contributed by atoms with E-state index >= 15 is 0 Å². The molecule has 2 aromatic carbocycles. The molecule has 5 nitrogen and oxygen atoms in total.